The third-order valence-electron chi connectivity index (χ3n) is 4.97. The number of methoxy groups -OCH3 is 1. The standard InChI is InChI=1S/C20H22ClN3OS/c1-25-17-7-3-6-16-18(17)24-20(8-10-26-11-9-20)19(23-16)22-13-14-4-2-5-15(21)12-14/h2-7,12,24H,8-11,13H2,1H3,(H,22,23). The Hall–Kier alpha value is -1.85. The summed E-state index contributed by atoms with van der Waals surface area (Å²) < 4.78 is 5.56. The predicted octanol–water partition coefficient (Wildman–Crippen LogP) is 5.05. The van der Waals surface area contributed by atoms with Crippen molar-refractivity contribution >= 4 is 40.6 Å². The number of anilines is 2. The molecule has 2 aliphatic rings. The van der Waals surface area contributed by atoms with Gasteiger partial charge in [0.25, 0.3) is 0 Å². The fourth-order valence-corrected chi connectivity index (χ4v) is 4.96. The summed E-state index contributed by atoms with van der Waals surface area (Å²) in [6.45, 7) is 0.610. The maximum atomic E-state index is 6.12. The summed E-state index contributed by atoms with van der Waals surface area (Å²) in [6.07, 6.45) is 2.08. The minimum absolute atomic E-state index is 0.161. The highest BCUT2D eigenvalue weighted by atomic mass is 35.5. The molecule has 1 spiro atoms. The second kappa shape index (κ2) is 7.41. The molecule has 0 saturated carbocycles. The van der Waals surface area contributed by atoms with Gasteiger partial charge in [-0.3, -0.25) is 4.99 Å². The second-order valence-corrected chi connectivity index (χ2v) is 8.28. The van der Waals surface area contributed by atoms with Gasteiger partial charge in [0.1, 0.15) is 17.3 Å². The van der Waals surface area contributed by atoms with E-state index in [4.69, 9.17) is 21.3 Å². The van der Waals surface area contributed by atoms with E-state index >= 15 is 0 Å². The van der Waals surface area contributed by atoms with E-state index in [1.165, 1.54) is 0 Å². The third-order valence-corrected chi connectivity index (χ3v) is 6.19. The maximum absolute atomic E-state index is 6.12. The maximum Gasteiger partial charge on any atom is 0.144 e. The highest BCUT2D eigenvalue weighted by Crippen LogP contribution is 2.43. The van der Waals surface area contributed by atoms with Gasteiger partial charge in [-0.05, 0) is 54.2 Å². The molecule has 0 unspecified atom stereocenters. The summed E-state index contributed by atoms with van der Waals surface area (Å²) in [5.74, 6) is 4.12. The number of hydrogen-bond donors (Lipinski definition) is 2. The van der Waals surface area contributed by atoms with Gasteiger partial charge in [0, 0.05) is 5.02 Å². The molecule has 0 atom stereocenters. The van der Waals surface area contributed by atoms with Crippen molar-refractivity contribution in [2.75, 3.05) is 29.2 Å². The molecule has 2 heterocycles. The number of halogens is 1. The van der Waals surface area contributed by atoms with E-state index in [9.17, 15) is 0 Å². The summed E-state index contributed by atoms with van der Waals surface area (Å²) >= 11 is 8.12. The molecule has 26 heavy (non-hydrogen) atoms. The largest absolute Gasteiger partial charge is 0.495 e. The molecule has 1 fully saturated rings. The number of benzene rings is 2. The number of nitrogens with one attached hydrogen (secondary N) is 2. The highest BCUT2D eigenvalue weighted by molar-refractivity contribution is 7.99. The lowest BCUT2D eigenvalue weighted by Crippen LogP contribution is -2.54. The molecule has 0 aromatic heterocycles. The Bertz CT molecular complexity index is 834. The Morgan fingerprint density at radius 1 is 1.19 bits per heavy atom. The van der Waals surface area contributed by atoms with Crippen LogP contribution in [-0.4, -0.2) is 30.0 Å². The highest BCUT2D eigenvalue weighted by Gasteiger charge is 2.42. The number of rotatable bonds is 3. The molecule has 0 aliphatic carbocycles. The van der Waals surface area contributed by atoms with Crippen LogP contribution < -0.4 is 15.4 Å². The molecule has 2 aliphatic heterocycles. The van der Waals surface area contributed by atoms with Gasteiger partial charge in [0.2, 0.25) is 0 Å². The van der Waals surface area contributed by atoms with E-state index in [1.54, 1.807) is 7.11 Å². The molecule has 0 radical (unpaired) electrons. The summed E-state index contributed by atoms with van der Waals surface area (Å²) in [5.41, 5.74) is 3.00. The van der Waals surface area contributed by atoms with E-state index in [1.807, 2.05) is 42.1 Å². The topological polar surface area (TPSA) is 45.6 Å². The molecule has 0 amide bonds. The van der Waals surface area contributed by atoms with Gasteiger partial charge in [-0.25, -0.2) is 0 Å². The molecule has 4 nitrogen and oxygen atoms in total. The first-order chi connectivity index (χ1) is 12.7. The van der Waals surface area contributed by atoms with Crippen LogP contribution in [0.15, 0.2) is 47.5 Å². The number of amidine groups is 1. The first-order valence-corrected chi connectivity index (χ1v) is 10.3. The van der Waals surface area contributed by atoms with Crippen LogP contribution in [0.2, 0.25) is 5.02 Å². The monoisotopic (exact) mass is 387 g/mol. The molecular weight excluding hydrogens is 366 g/mol. The van der Waals surface area contributed by atoms with Gasteiger partial charge in [-0.15, -0.1) is 0 Å². The van der Waals surface area contributed by atoms with E-state index in [0.29, 0.717) is 6.54 Å². The summed E-state index contributed by atoms with van der Waals surface area (Å²) in [6, 6.07) is 13.9. The Labute approximate surface area is 163 Å². The number of thioether (sulfide) groups is 1. The summed E-state index contributed by atoms with van der Waals surface area (Å²) in [5, 5.41) is 8.10. The average Bonchev–Trinajstić information content (AvgIpc) is 2.67. The predicted molar refractivity (Wildman–Crippen MR) is 112 cm³/mol. The fourth-order valence-electron chi connectivity index (χ4n) is 3.56. The van der Waals surface area contributed by atoms with Crippen molar-refractivity contribution in [1.82, 2.24) is 0 Å². The van der Waals surface area contributed by atoms with Crippen LogP contribution in [0.5, 0.6) is 5.75 Å². The zero-order chi connectivity index (χ0) is 18.0. The molecular formula is C20H22ClN3OS. The Kier molecular flexibility index (Phi) is 5.00. The SMILES string of the molecule is COc1cccc2c1NC1(CCSCC1)C(=NCc1cccc(Cl)c1)N2. The minimum Gasteiger partial charge on any atom is -0.495 e. The van der Waals surface area contributed by atoms with E-state index in [0.717, 1.165) is 57.9 Å². The van der Waals surface area contributed by atoms with Crippen LogP contribution >= 0.6 is 23.4 Å². The van der Waals surface area contributed by atoms with Crippen molar-refractivity contribution in [3.8, 4) is 5.75 Å². The number of nitrogens with zero attached hydrogens (tertiary/aromatic N) is 1. The molecule has 4 rings (SSSR count). The Morgan fingerprint density at radius 2 is 2.00 bits per heavy atom. The smallest absolute Gasteiger partial charge is 0.144 e. The lowest BCUT2D eigenvalue weighted by molar-refractivity contribution is 0.414. The average molecular weight is 388 g/mol. The Morgan fingerprint density at radius 3 is 2.77 bits per heavy atom. The normalized spacial score (nSPS) is 19.5. The summed E-state index contributed by atoms with van der Waals surface area (Å²) in [4.78, 5) is 4.96. The van der Waals surface area contributed by atoms with Crippen LogP contribution in [0.25, 0.3) is 0 Å². The van der Waals surface area contributed by atoms with Crippen molar-refractivity contribution in [3.05, 3.63) is 53.1 Å². The Balaban J connectivity index is 1.70. The molecule has 0 bridgehead atoms. The number of hydrogen-bond acceptors (Lipinski definition) is 4. The van der Waals surface area contributed by atoms with E-state index in [-0.39, 0.29) is 5.54 Å². The molecule has 136 valence electrons. The quantitative estimate of drug-likeness (QED) is 0.773. The van der Waals surface area contributed by atoms with Crippen LogP contribution in [0.4, 0.5) is 11.4 Å². The van der Waals surface area contributed by atoms with Crippen LogP contribution in [0.3, 0.4) is 0 Å². The number of aliphatic imine (C=N–C) groups is 1. The van der Waals surface area contributed by atoms with Gasteiger partial charge in [-0.1, -0.05) is 29.8 Å². The van der Waals surface area contributed by atoms with Gasteiger partial charge in [0.05, 0.1) is 24.9 Å². The van der Waals surface area contributed by atoms with Crippen molar-refractivity contribution in [1.29, 1.82) is 0 Å². The zero-order valence-corrected chi connectivity index (χ0v) is 16.3. The van der Waals surface area contributed by atoms with Crippen molar-refractivity contribution < 1.29 is 4.74 Å². The molecule has 2 aromatic rings. The number of fused-ring (bicyclic) bond motifs is 1. The minimum atomic E-state index is -0.161. The first-order valence-electron chi connectivity index (χ1n) is 8.79. The third kappa shape index (κ3) is 3.38. The molecule has 2 aromatic carbocycles. The first kappa shape index (κ1) is 17.6. The number of para-hydroxylation sites is 1. The lowest BCUT2D eigenvalue weighted by Gasteiger charge is -2.44. The van der Waals surface area contributed by atoms with Gasteiger partial charge in [-0.2, -0.15) is 11.8 Å². The van der Waals surface area contributed by atoms with Gasteiger partial charge >= 0.3 is 0 Å². The van der Waals surface area contributed by atoms with Crippen molar-refractivity contribution in [3.63, 3.8) is 0 Å². The molecule has 2 N–H and O–H groups in total. The van der Waals surface area contributed by atoms with E-state index < -0.39 is 0 Å². The molecule has 6 heteroatoms. The lowest BCUT2D eigenvalue weighted by atomic mass is 9.87. The van der Waals surface area contributed by atoms with Crippen molar-refractivity contribution in [2.24, 2.45) is 4.99 Å². The van der Waals surface area contributed by atoms with Crippen LogP contribution in [-0.2, 0) is 6.54 Å². The van der Waals surface area contributed by atoms with Crippen molar-refractivity contribution in [2.45, 2.75) is 24.9 Å². The second-order valence-electron chi connectivity index (χ2n) is 6.62. The summed E-state index contributed by atoms with van der Waals surface area (Å²) in [7, 11) is 1.71. The van der Waals surface area contributed by atoms with Crippen LogP contribution in [0, 0.1) is 0 Å². The van der Waals surface area contributed by atoms with E-state index in [2.05, 4.69) is 22.8 Å². The van der Waals surface area contributed by atoms with Gasteiger partial charge in [0.15, 0.2) is 0 Å². The molecule has 1 saturated heterocycles. The van der Waals surface area contributed by atoms with Gasteiger partial charge < -0.3 is 15.4 Å². The number of ether oxygens (including phenoxy) is 1. The van der Waals surface area contributed by atoms with Crippen LogP contribution in [0.1, 0.15) is 18.4 Å². The fraction of sp³-hybridized carbons (Fsp3) is 0.350. The zero-order valence-electron chi connectivity index (χ0n) is 14.7.